The average molecular weight is 885 g/mol. The van der Waals surface area contributed by atoms with Gasteiger partial charge in [0.15, 0.2) is 0 Å². The first-order chi connectivity index (χ1) is 26.7. The van der Waals surface area contributed by atoms with Gasteiger partial charge in [-0.15, -0.1) is 0 Å². The molecule has 6 rings (SSSR count). The van der Waals surface area contributed by atoms with Gasteiger partial charge in [-0.2, -0.15) is 0 Å². The minimum atomic E-state index is -0.526. The number of fused-ring (bicyclic) bond motifs is 2. The number of aromatic nitrogens is 2. The van der Waals surface area contributed by atoms with E-state index in [0.29, 0.717) is 23.3 Å². The Balaban J connectivity index is 1.22. The number of benzene rings is 4. The summed E-state index contributed by atoms with van der Waals surface area (Å²) >= 11 is 7.13. The van der Waals surface area contributed by atoms with Crippen LogP contribution in [0.2, 0.25) is 0 Å². The Morgan fingerprint density at radius 3 is 1.66 bits per heavy atom. The van der Waals surface area contributed by atoms with Crippen LogP contribution in [0.25, 0.3) is 21.8 Å². The minimum Gasteiger partial charge on any atom is -0.491 e. The fraction of sp³-hybridized carbons (Fsp3) is 0.273. The summed E-state index contributed by atoms with van der Waals surface area (Å²) in [7, 11) is 0. The summed E-state index contributed by atoms with van der Waals surface area (Å²) in [5, 5.41) is 1.78. The van der Waals surface area contributed by atoms with Gasteiger partial charge in [-0.3, -0.25) is 9.59 Å². The Hall–Kier alpha value is -5.20. The zero-order chi connectivity index (χ0) is 40.1. The molecule has 2 unspecified atom stereocenters. The number of amides is 2. The highest BCUT2D eigenvalue weighted by Gasteiger charge is 2.28. The van der Waals surface area contributed by atoms with Crippen molar-refractivity contribution in [3.8, 4) is 34.8 Å². The molecule has 2 amide bonds. The van der Waals surface area contributed by atoms with Crippen molar-refractivity contribution in [2.24, 2.45) is 5.73 Å². The van der Waals surface area contributed by atoms with Gasteiger partial charge < -0.3 is 29.6 Å². The molecule has 0 radical (unpaired) electrons. The van der Waals surface area contributed by atoms with Gasteiger partial charge in [0, 0.05) is 35.7 Å². The Morgan fingerprint density at radius 1 is 0.607 bits per heavy atom. The number of halogens is 2. The van der Waals surface area contributed by atoms with Crippen LogP contribution >= 0.6 is 31.9 Å². The molecule has 0 aliphatic rings. The molecule has 0 saturated carbocycles. The lowest BCUT2D eigenvalue weighted by atomic mass is 9.98. The molecule has 2 aromatic heterocycles. The molecule has 0 spiro atoms. The third-order valence-corrected chi connectivity index (χ3v) is 10.3. The molecular weight excluding hydrogens is 840 g/mol. The standard InChI is InChI=1S/C44H44Br2N4O6/c1-25(2)53-33-11-16-40(36(46)23-33)56-43-19-10-32-22-30(8-14-38(32)49-43)28(6)50(44(52)20-17-41(47)51)27(5)29-7-13-37-31(21-29)9-18-42(48-37)55-34-12-15-39(35(45)24-34)54-26(3)4/h7-16,18-19,21-28H,17,20H2,1-6H3,(H2,47,51). The fourth-order valence-electron chi connectivity index (χ4n) is 6.37. The summed E-state index contributed by atoms with van der Waals surface area (Å²) < 4.78 is 25.3. The second-order valence-electron chi connectivity index (χ2n) is 14.0. The van der Waals surface area contributed by atoms with Crippen molar-refractivity contribution < 1.29 is 28.5 Å². The first kappa shape index (κ1) is 40.5. The normalized spacial score (nSPS) is 12.5. The first-order valence-corrected chi connectivity index (χ1v) is 20.0. The Labute approximate surface area is 343 Å². The first-order valence-electron chi connectivity index (χ1n) is 18.4. The van der Waals surface area contributed by atoms with Crippen LogP contribution in [0.3, 0.4) is 0 Å². The van der Waals surface area contributed by atoms with E-state index < -0.39 is 5.91 Å². The van der Waals surface area contributed by atoms with E-state index in [1.165, 1.54) is 0 Å². The van der Waals surface area contributed by atoms with Crippen molar-refractivity contribution in [1.82, 2.24) is 14.9 Å². The van der Waals surface area contributed by atoms with E-state index in [0.717, 1.165) is 53.4 Å². The van der Waals surface area contributed by atoms with Gasteiger partial charge in [-0.05, 0) is 157 Å². The van der Waals surface area contributed by atoms with E-state index >= 15 is 0 Å². The average Bonchev–Trinajstić information content (AvgIpc) is 3.15. The molecule has 2 atom stereocenters. The smallest absolute Gasteiger partial charge is 0.224 e. The molecule has 12 heteroatoms. The van der Waals surface area contributed by atoms with E-state index in [1.54, 1.807) is 0 Å². The van der Waals surface area contributed by atoms with Gasteiger partial charge in [0.05, 0.1) is 44.3 Å². The fourth-order valence-corrected chi connectivity index (χ4v) is 7.26. The highest BCUT2D eigenvalue weighted by Crippen LogP contribution is 2.37. The number of ether oxygens (including phenoxy) is 4. The quantitative estimate of drug-likeness (QED) is 0.108. The second-order valence-corrected chi connectivity index (χ2v) is 15.8. The second kappa shape index (κ2) is 17.7. The number of nitrogens with two attached hydrogens (primary N) is 1. The summed E-state index contributed by atoms with van der Waals surface area (Å²) in [6.07, 6.45) is 0.0586. The van der Waals surface area contributed by atoms with Gasteiger partial charge in [-0.25, -0.2) is 9.97 Å². The lowest BCUT2D eigenvalue weighted by molar-refractivity contribution is -0.137. The molecule has 0 fully saturated rings. The molecular formula is C44H44Br2N4O6. The zero-order valence-electron chi connectivity index (χ0n) is 32.1. The SMILES string of the molecule is CC(C)Oc1ccc(Oc2ccc3cc(C(C)N(C(=O)CCC(N)=O)C(C)c4ccc5nc(Oc6ccc(OC(C)C)c(Br)c6)ccc5c4)ccc3n2)c(Br)c1. The number of rotatable bonds is 15. The Bertz CT molecular complexity index is 2390. The zero-order valence-corrected chi connectivity index (χ0v) is 35.3. The molecule has 0 aliphatic heterocycles. The molecule has 2 heterocycles. The van der Waals surface area contributed by atoms with Gasteiger partial charge in [0.1, 0.15) is 23.0 Å². The van der Waals surface area contributed by atoms with Crippen molar-refractivity contribution in [2.45, 2.75) is 78.7 Å². The van der Waals surface area contributed by atoms with E-state index in [-0.39, 0.29) is 43.0 Å². The van der Waals surface area contributed by atoms with Crippen LogP contribution < -0.4 is 24.7 Å². The van der Waals surface area contributed by atoms with E-state index in [9.17, 15) is 9.59 Å². The van der Waals surface area contributed by atoms with Crippen LogP contribution in [0.15, 0.2) is 106 Å². The van der Waals surface area contributed by atoms with Crippen molar-refractivity contribution in [2.75, 3.05) is 0 Å². The topological polar surface area (TPSA) is 126 Å². The number of carbonyl (C=O) groups excluding carboxylic acids is 2. The van der Waals surface area contributed by atoms with Crippen molar-refractivity contribution >= 4 is 65.5 Å². The molecule has 56 heavy (non-hydrogen) atoms. The largest absolute Gasteiger partial charge is 0.491 e. The van der Waals surface area contributed by atoms with Crippen molar-refractivity contribution in [1.29, 1.82) is 0 Å². The van der Waals surface area contributed by atoms with Crippen LogP contribution in [0.4, 0.5) is 0 Å². The minimum absolute atomic E-state index is 0.00346. The predicted molar refractivity (Wildman–Crippen MR) is 226 cm³/mol. The molecule has 10 nitrogen and oxygen atoms in total. The molecule has 6 aromatic rings. The highest BCUT2D eigenvalue weighted by molar-refractivity contribution is 9.11. The predicted octanol–water partition coefficient (Wildman–Crippen LogP) is 11.4. The maximum atomic E-state index is 13.9. The van der Waals surface area contributed by atoms with Crippen LogP contribution in [0.1, 0.15) is 77.6 Å². The van der Waals surface area contributed by atoms with Crippen LogP contribution in [0, 0.1) is 0 Å². The number of carbonyl (C=O) groups is 2. The molecule has 2 N–H and O–H groups in total. The van der Waals surface area contributed by atoms with Crippen LogP contribution in [-0.2, 0) is 9.59 Å². The lowest BCUT2D eigenvalue weighted by Gasteiger charge is -2.36. The molecule has 4 aromatic carbocycles. The van der Waals surface area contributed by atoms with Gasteiger partial charge in [0.25, 0.3) is 0 Å². The van der Waals surface area contributed by atoms with E-state index in [4.69, 9.17) is 34.6 Å². The Morgan fingerprint density at radius 2 is 1.12 bits per heavy atom. The van der Waals surface area contributed by atoms with Crippen LogP contribution in [-0.4, -0.2) is 38.9 Å². The summed E-state index contributed by atoms with van der Waals surface area (Å²) in [5.41, 5.74) is 8.77. The summed E-state index contributed by atoms with van der Waals surface area (Å²) in [6, 6.07) is 29.8. The summed E-state index contributed by atoms with van der Waals surface area (Å²) in [6.45, 7) is 11.9. The number of hydrogen-bond donors (Lipinski definition) is 1. The van der Waals surface area contributed by atoms with Crippen molar-refractivity contribution in [3.63, 3.8) is 0 Å². The maximum Gasteiger partial charge on any atom is 0.224 e. The van der Waals surface area contributed by atoms with Gasteiger partial charge in [-0.1, -0.05) is 12.1 Å². The monoisotopic (exact) mass is 882 g/mol. The van der Waals surface area contributed by atoms with E-state index in [1.807, 2.05) is 144 Å². The summed E-state index contributed by atoms with van der Waals surface area (Å²) in [4.78, 5) is 36.9. The van der Waals surface area contributed by atoms with Gasteiger partial charge in [0.2, 0.25) is 23.6 Å². The molecule has 0 saturated heterocycles. The number of pyridine rings is 2. The number of hydrogen-bond acceptors (Lipinski definition) is 8. The summed E-state index contributed by atoms with van der Waals surface area (Å²) in [5.74, 6) is 2.89. The van der Waals surface area contributed by atoms with Crippen LogP contribution in [0.5, 0.6) is 34.8 Å². The maximum absolute atomic E-state index is 13.9. The molecule has 0 aliphatic carbocycles. The third-order valence-electron chi connectivity index (χ3n) is 9.03. The van der Waals surface area contributed by atoms with Crippen molar-refractivity contribution in [3.05, 3.63) is 117 Å². The lowest BCUT2D eigenvalue weighted by Crippen LogP contribution is -2.36. The number of primary amides is 1. The Kier molecular flexibility index (Phi) is 12.8. The molecule has 0 bridgehead atoms. The highest BCUT2D eigenvalue weighted by atomic mass is 79.9. The molecule has 290 valence electrons. The van der Waals surface area contributed by atoms with Gasteiger partial charge >= 0.3 is 0 Å². The van der Waals surface area contributed by atoms with E-state index in [2.05, 4.69) is 31.9 Å². The number of nitrogens with zero attached hydrogens (tertiary/aromatic N) is 3. The third kappa shape index (κ3) is 9.96.